The topological polar surface area (TPSA) is 53.4 Å². The molecule has 0 aromatic carbocycles. The number of carboxylic acid groups (broad SMARTS) is 1. The highest BCUT2D eigenvalue weighted by molar-refractivity contribution is 5.86. The second kappa shape index (κ2) is 4.35. The van der Waals surface area contributed by atoms with Gasteiger partial charge in [-0.3, -0.25) is 0 Å². The maximum absolute atomic E-state index is 10.9. The monoisotopic (exact) mass is 234 g/mol. The summed E-state index contributed by atoms with van der Waals surface area (Å²) in [6.45, 7) is 6.46. The van der Waals surface area contributed by atoms with Crippen LogP contribution in [0.2, 0.25) is 0 Å². The zero-order chi connectivity index (χ0) is 12.5. The predicted molar refractivity (Wildman–Crippen MR) is 66.4 cm³/mol. The van der Waals surface area contributed by atoms with Gasteiger partial charge in [-0.15, -0.1) is 0 Å². The van der Waals surface area contributed by atoms with Gasteiger partial charge in [0.05, 0.1) is 0 Å². The van der Waals surface area contributed by atoms with Gasteiger partial charge in [0.2, 0.25) is 0 Å². The molecule has 0 radical (unpaired) electrons. The molecule has 0 aliphatic carbocycles. The van der Waals surface area contributed by atoms with Gasteiger partial charge in [-0.05, 0) is 30.4 Å². The number of rotatable bonds is 2. The van der Waals surface area contributed by atoms with E-state index in [1.165, 1.54) is 6.42 Å². The van der Waals surface area contributed by atoms with E-state index in [0.29, 0.717) is 5.41 Å². The normalized spacial score (nSPS) is 19.1. The van der Waals surface area contributed by atoms with Gasteiger partial charge in [0.1, 0.15) is 5.69 Å². The van der Waals surface area contributed by atoms with Crippen molar-refractivity contribution in [2.75, 3.05) is 18.0 Å². The van der Waals surface area contributed by atoms with E-state index in [-0.39, 0.29) is 5.69 Å². The molecule has 1 aromatic rings. The standard InChI is InChI=1S/C13H18N2O2/c1-13(2)5-3-7-15(9-13)10-4-6-14-11(8-10)12(16)17/h4,6,8H,3,5,7,9H2,1-2H3,(H,16,17). The fourth-order valence-corrected chi connectivity index (χ4v) is 2.38. The quantitative estimate of drug-likeness (QED) is 0.853. The van der Waals surface area contributed by atoms with E-state index in [2.05, 4.69) is 23.7 Å². The zero-order valence-electron chi connectivity index (χ0n) is 10.3. The molecule has 1 aliphatic heterocycles. The fourth-order valence-electron chi connectivity index (χ4n) is 2.38. The molecule has 0 amide bonds. The van der Waals surface area contributed by atoms with Gasteiger partial charge in [0, 0.05) is 25.0 Å². The first-order valence-corrected chi connectivity index (χ1v) is 5.92. The SMILES string of the molecule is CC1(C)CCCN(c2ccnc(C(=O)O)c2)C1. The molecule has 0 saturated carbocycles. The molecule has 1 fully saturated rings. The van der Waals surface area contributed by atoms with Gasteiger partial charge >= 0.3 is 5.97 Å². The second-order valence-electron chi connectivity index (χ2n) is 5.39. The third-order valence-electron chi connectivity index (χ3n) is 3.23. The number of nitrogens with zero attached hydrogens (tertiary/aromatic N) is 2. The molecule has 0 spiro atoms. The van der Waals surface area contributed by atoms with Gasteiger partial charge in [-0.1, -0.05) is 13.8 Å². The first kappa shape index (κ1) is 11.9. The summed E-state index contributed by atoms with van der Waals surface area (Å²) in [5, 5.41) is 8.93. The Balaban J connectivity index is 2.22. The zero-order valence-corrected chi connectivity index (χ0v) is 10.3. The van der Waals surface area contributed by atoms with Crippen LogP contribution in [0.5, 0.6) is 0 Å². The number of anilines is 1. The summed E-state index contributed by atoms with van der Waals surface area (Å²) >= 11 is 0. The van der Waals surface area contributed by atoms with Crippen LogP contribution in [-0.4, -0.2) is 29.1 Å². The van der Waals surface area contributed by atoms with E-state index in [9.17, 15) is 4.79 Å². The Morgan fingerprint density at radius 1 is 1.53 bits per heavy atom. The van der Waals surface area contributed by atoms with Crippen LogP contribution in [0.15, 0.2) is 18.3 Å². The second-order valence-corrected chi connectivity index (χ2v) is 5.39. The number of aromatic nitrogens is 1. The van der Waals surface area contributed by atoms with Gasteiger partial charge < -0.3 is 10.0 Å². The summed E-state index contributed by atoms with van der Waals surface area (Å²) < 4.78 is 0. The molecule has 4 heteroatoms. The van der Waals surface area contributed by atoms with Crippen LogP contribution in [0, 0.1) is 5.41 Å². The van der Waals surface area contributed by atoms with Crippen molar-refractivity contribution in [2.45, 2.75) is 26.7 Å². The third kappa shape index (κ3) is 2.75. The Labute approximate surface area is 101 Å². The van der Waals surface area contributed by atoms with E-state index < -0.39 is 5.97 Å². The van der Waals surface area contributed by atoms with Crippen LogP contribution in [0.25, 0.3) is 0 Å². The minimum absolute atomic E-state index is 0.117. The summed E-state index contributed by atoms with van der Waals surface area (Å²) in [7, 11) is 0. The van der Waals surface area contributed by atoms with Crippen LogP contribution >= 0.6 is 0 Å². The van der Waals surface area contributed by atoms with Crippen LogP contribution in [0.1, 0.15) is 37.2 Å². The summed E-state index contributed by atoms with van der Waals surface area (Å²) in [6.07, 6.45) is 3.94. The van der Waals surface area contributed by atoms with Crippen LogP contribution in [-0.2, 0) is 0 Å². The van der Waals surface area contributed by atoms with Gasteiger partial charge in [-0.25, -0.2) is 9.78 Å². The molecule has 0 unspecified atom stereocenters. The minimum Gasteiger partial charge on any atom is -0.477 e. The molecule has 2 heterocycles. The van der Waals surface area contributed by atoms with Crippen LogP contribution < -0.4 is 4.90 Å². The summed E-state index contributed by atoms with van der Waals surface area (Å²) in [5.74, 6) is -0.969. The van der Waals surface area contributed by atoms with Crippen LogP contribution in [0.3, 0.4) is 0 Å². The van der Waals surface area contributed by atoms with Crippen molar-refractivity contribution in [3.05, 3.63) is 24.0 Å². The molecule has 92 valence electrons. The summed E-state index contributed by atoms with van der Waals surface area (Å²) in [5.41, 5.74) is 1.38. The summed E-state index contributed by atoms with van der Waals surface area (Å²) in [6, 6.07) is 3.54. The Morgan fingerprint density at radius 3 is 2.94 bits per heavy atom. The number of hydrogen-bond donors (Lipinski definition) is 1. The number of carboxylic acids is 1. The first-order valence-electron chi connectivity index (χ1n) is 5.92. The van der Waals surface area contributed by atoms with Crippen molar-refractivity contribution in [2.24, 2.45) is 5.41 Å². The third-order valence-corrected chi connectivity index (χ3v) is 3.23. The maximum Gasteiger partial charge on any atom is 0.354 e. The Morgan fingerprint density at radius 2 is 2.29 bits per heavy atom. The molecule has 1 aromatic heterocycles. The minimum atomic E-state index is -0.969. The smallest absolute Gasteiger partial charge is 0.354 e. The highest BCUT2D eigenvalue weighted by Gasteiger charge is 2.26. The molecule has 1 N–H and O–H groups in total. The highest BCUT2D eigenvalue weighted by Crippen LogP contribution is 2.31. The van der Waals surface area contributed by atoms with E-state index in [1.807, 2.05) is 6.07 Å². The lowest BCUT2D eigenvalue weighted by Gasteiger charge is -2.39. The Kier molecular flexibility index (Phi) is 3.05. The van der Waals surface area contributed by atoms with Crippen molar-refractivity contribution < 1.29 is 9.90 Å². The average molecular weight is 234 g/mol. The summed E-state index contributed by atoms with van der Waals surface area (Å²) in [4.78, 5) is 17.0. The van der Waals surface area contributed by atoms with Crippen molar-refractivity contribution in [3.63, 3.8) is 0 Å². The van der Waals surface area contributed by atoms with E-state index in [4.69, 9.17) is 5.11 Å². The Bertz CT molecular complexity index is 429. The molecular formula is C13H18N2O2. The average Bonchev–Trinajstić information content (AvgIpc) is 2.28. The molecule has 4 nitrogen and oxygen atoms in total. The number of piperidine rings is 1. The van der Waals surface area contributed by atoms with Crippen LogP contribution in [0.4, 0.5) is 5.69 Å². The maximum atomic E-state index is 10.9. The fraction of sp³-hybridized carbons (Fsp3) is 0.538. The van der Waals surface area contributed by atoms with Gasteiger partial charge in [0.25, 0.3) is 0 Å². The Hall–Kier alpha value is -1.58. The molecule has 1 saturated heterocycles. The number of hydrogen-bond acceptors (Lipinski definition) is 3. The molecule has 0 bridgehead atoms. The first-order chi connectivity index (χ1) is 7.98. The highest BCUT2D eigenvalue weighted by atomic mass is 16.4. The number of aromatic carboxylic acids is 1. The van der Waals surface area contributed by atoms with E-state index >= 15 is 0 Å². The number of pyridine rings is 1. The number of carbonyl (C=O) groups is 1. The van der Waals surface area contributed by atoms with Crippen molar-refractivity contribution >= 4 is 11.7 Å². The van der Waals surface area contributed by atoms with E-state index in [1.54, 1.807) is 12.3 Å². The van der Waals surface area contributed by atoms with Crippen molar-refractivity contribution in [1.82, 2.24) is 4.98 Å². The molecule has 0 atom stereocenters. The predicted octanol–water partition coefficient (Wildman–Crippen LogP) is 2.41. The molecule has 2 rings (SSSR count). The lowest BCUT2D eigenvalue weighted by Crippen LogP contribution is -2.40. The van der Waals surface area contributed by atoms with Crippen molar-refractivity contribution in [1.29, 1.82) is 0 Å². The molecular weight excluding hydrogens is 216 g/mol. The van der Waals surface area contributed by atoms with Gasteiger partial charge in [-0.2, -0.15) is 0 Å². The molecule has 1 aliphatic rings. The lowest BCUT2D eigenvalue weighted by molar-refractivity contribution is 0.0690. The lowest BCUT2D eigenvalue weighted by atomic mass is 9.84. The van der Waals surface area contributed by atoms with Gasteiger partial charge in [0.15, 0.2) is 0 Å². The largest absolute Gasteiger partial charge is 0.477 e. The van der Waals surface area contributed by atoms with E-state index in [0.717, 1.165) is 25.2 Å². The van der Waals surface area contributed by atoms with Crippen molar-refractivity contribution in [3.8, 4) is 0 Å². The molecule has 17 heavy (non-hydrogen) atoms.